The number of benzene rings is 1. The third-order valence-corrected chi connectivity index (χ3v) is 7.54. The monoisotopic (exact) mass is 405 g/mol. The second kappa shape index (κ2) is 7.08. The Morgan fingerprint density at radius 2 is 2.00 bits per heavy atom. The number of rotatable bonds is 3. The molecule has 7 heteroatoms. The van der Waals surface area contributed by atoms with E-state index >= 15 is 0 Å². The van der Waals surface area contributed by atoms with Gasteiger partial charge in [0.15, 0.2) is 0 Å². The number of ether oxygens (including phenoxy) is 1. The van der Waals surface area contributed by atoms with Crippen LogP contribution in [0.25, 0.3) is 0 Å². The van der Waals surface area contributed by atoms with E-state index in [9.17, 15) is 9.90 Å². The molecular formula is C21H28ClN3O3. The summed E-state index contributed by atoms with van der Waals surface area (Å²) in [5, 5.41) is 10.1. The zero-order valence-corrected chi connectivity index (χ0v) is 16.9. The number of hydrogen-bond acceptors (Lipinski definition) is 4. The number of carboxylic acid groups (broad SMARTS) is 1. The van der Waals surface area contributed by atoms with Gasteiger partial charge in [0.2, 0.25) is 0 Å². The molecule has 1 aromatic carbocycles. The molecule has 5 rings (SSSR count). The largest absolute Gasteiger partial charge is 0.465 e. The molecule has 0 bridgehead atoms. The molecule has 6 nitrogen and oxygen atoms in total. The Balaban J connectivity index is 1.30. The molecule has 4 fully saturated rings. The number of likely N-dealkylation sites (tertiary alicyclic amines) is 2. The molecule has 1 aromatic rings. The van der Waals surface area contributed by atoms with Crippen LogP contribution in [-0.4, -0.2) is 73.5 Å². The van der Waals surface area contributed by atoms with Crippen LogP contribution < -0.4 is 4.90 Å². The number of halogens is 1. The molecule has 0 aliphatic carbocycles. The van der Waals surface area contributed by atoms with Crippen LogP contribution in [0.3, 0.4) is 0 Å². The lowest BCUT2D eigenvalue weighted by Crippen LogP contribution is -2.32. The Hall–Kier alpha value is -1.50. The van der Waals surface area contributed by atoms with Gasteiger partial charge < -0.3 is 19.6 Å². The maximum Gasteiger partial charge on any atom is 0.407 e. The lowest BCUT2D eigenvalue weighted by Gasteiger charge is -2.28. The molecule has 1 N–H and O–H groups in total. The van der Waals surface area contributed by atoms with Crippen molar-refractivity contribution in [3.8, 4) is 0 Å². The summed E-state index contributed by atoms with van der Waals surface area (Å²) >= 11 is 6.68. The predicted molar refractivity (Wildman–Crippen MR) is 108 cm³/mol. The highest BCUT2D eigenvalue weighted by Crippen LogP contribution is 2.43. The SMILES string of the molecule is O=C(O)N1CC2CN(Cc3cccc(Cl)c3N3CCC4(CCOC4)C3)CC2C1. The Labute approximate surface area is 171 Å². The van der Waals surface area contributed by atoms with E-state index in [0.717, 1.165) is 57.4 Å². The number of carbonyl (C=O) groups is 1. The molecule has 4 saturated heterocycles. The van der Waals surface area contributed by atoms with E-state index in [4.69, 9.17) is 16.3 Å². The quantitative estimate of drug-likeness (QED) is 0.837. The Morgan fingerprint density at radius 3 is 2.68 bits per heavy atom. The van der Waals surface area contributed by atoms with Crippen LogP contribution in [0.1, 0.15) is 18.4 Å². The minimum absolute atomic E-state index is 0.307. The van der Waals surface area contributed by atoms with Gasteiger partial charge in [-0.1, -0.05) is 23.7 Å². The van der Waals surface area contributed by atoms with Crippen LogP contribution in [0.2, 0.25) is 5.02 Å². The number of para-hydroxylation sites is 1. The third kappa shape index (κ3) is 3.25. The normalized spacial score (nSPS) is 32.6. The molecule has 0 saturated carbocycles. The minimum Gasteiger partial charge on any atom is -0.465 e. The molecule has 0 radical (unpaired) electrons. The lowest BCUT2D eigenvalue weighted by atomic mass is 9.87. The van der Waals surface area contributed by atoms with Crippen molar-refractivity contribution < 1.29 is 14.6 Å². The third-order valence-electron chi connectivity index (χ3n) is 7.24. The molecule has 4 aliphatic rings. The first kappa shape index (κ1) is 18.5. The fraction of sp³-hybridized carbons (Fsp3) is 0.667. The van der Waals surface area contributed by atoms with Gasteiger partial charge in [0.1, 0.15) is 0 Å². The number of anilines is 1. The Morgan fingerprint density at radius 1 is 1.21 bits per heavy atom. The van der Waals surface area contributed by atoms with Crippen molar-refractivity contribution in [1.29, 1.82) is 0 Å². The van der Waals surface area contributed by atoms with E-state index in [2.05, 4.69) is 21.9 Å². The predicted octanol–water partition coefficient (Wildman–Crippen LogP) is 3.00. The second-order valence-corrected chi connectivity index (χ2v) is 9.53. The highest BCUT2D eigenvalue weighted by molar-refractivity contribution is 6.33. The van der Waals surface area contributed by atoms with Gasteiger partial charge in [0.05, 0.1) is 17.3 Å². The van der Waals surface area contributed by atoms with Crippen molar-refractivity contribution in [2.45, 2.75) is 19.4 Å². The van der Waals surface area contributed by atoms with E-state index in [1.54, 1.807) is 4.90 Å². The van der Waals surface area contributed by atoms with Crippen LogP contribution in [0.4, 0.5) is 10.5 Å². The number of fused-ring (bicyclic) bond motifs is 1. The lowest BCUT2D eigenvalue weighted by molar-refractivity contribution is 0.148. The molecule has 1 amide bonds. The number of hydrogen-bond donors (Lipinski definition) is 1. The first-order chi connectivity index (χ1) is 13.5. The summed E-state index contributed by atoms with van der Waals surface area (Å²) < 4.78 is 5.69. The van der Waals surface area contributed by atoms with Crippen molar-refractivity contribution >= 4 is 23.4 Å². The van der Waals surface area contributed by atoms with Crippen molar-refractivity contribution in [2.24, 2.45) is 17.3 Å². The topological polar surface area (TPSA) is 56.2 Å². The van der Waals surface area contributed by atoms with Crippen molar-refractivity contribution in [2.75, 3.05) is 57.4 Å². The summed E-state index contributed by atoms with van der Waals surface area (Å²) in [6.07, 6.45) is 1.55. The molecule has 4 heterocycles. The van der Waals surface area contributed by atoms with E-state index in [0.29, 0.717) is 30.3 Å². The minimum atomic E-state index is -0.781. The Bertz CT molecular complexity index is 753. The summed E-state index contributed by atoms with van der Waals surface area (Å²) in [6.45, 7) is 8.00. The second-order valence-electron chi connectivity index (χ2n) is 9.12. The van der Waals surface area contributed by atoms with Crippen LogP contribution in [0.15, 0.2) is 18.2 Å². The van der Waals surface area contributed by atoms with Crippen molar-refractivity contribution in [3.63, 3.8) is 0 Å². The van der Waals surface area contributed by atoms with Gasteiger partial charge in [-0.3, -0.25) is 4.90 Å². The highest BCUT2D eigenvalue weighted by atomic mass is 35.5. The van der Waals surface area contributed by atoms with Gasteiger partial charge in [-0.15, -0.1) is 0 Å². The first-order valence-electron chi connectivity index (χ1n) is 10.3. The van der Waals surface area contributed by atoms with Crippen LogP contribution >= 0.6 is 11.6 Å². The van der Waals surface area contributed by atoms with E-state index in [1.807, 2.05) is 6.07 Å². The molecule has 28 heavy (non-hydrogen) atoms. The molecule has 4 aliphatic heterocycles. The zero-order valence-electron chi connectivity index (χ0n) is 16.1. The van der Waals surface area contributed by atoms with Gasteiger partial charge in [0.25, 0.3) is 0 Å². The molecule has 3 atom stereocenters. The Kier molecular flexibility index (Phi) is 4.68. The van der Waals surface area contributed by atoms with Crippen LogP contribution in [-0.2, 0) is 11.3 Å². The van der Waals surface area contributed by atoms with Crippen molar-refractivity contribution in [1.82, 2.24) is 9.80 Å². The zero-order chi connectivity index (χ0) is 19.3. The number of amides is 1. The van der Waals surface area contributed by atoms with E-state index in [-0.39, 0.29) is 0 Å². The fourth-order valence-corrected chi connectivity index (χ4v) is 6.07. The van der Waals surface area contributed by atoms with Gasteiger partial charge in [-0.05, 0) is 36.3 Å². The van der Waals surface area contributed by atoms with Gasteiger partial charge in [0, 0.05) is 57.8 Å². The molecular weight excluding hydrogens is 378 g/mol. The maximum absolute atomic E-state index is 11.2. The van der Waals surface area contributed by atoms with E-state index in [1.165, 1.54) is 17.7 Å². The summed E-state index contributed by atoms with van der Waals surface area (Å²) in [5.41, 5.74) is 2.79. The smallest absolute Gasteiger partial charge is 0.407 e. The molecule has 3 unspecified atom stereocenters. The highest BCUT2D eigenvalue weighted by Gasteiger charge is 2.43. The first-order valence-corrected chi connectivity index (χ1v) is 10.7. The average Bonchev–Trinajstić information content (AvgIpc) is 3.41. The summed E-state index contributed by atoms with van der Waals surface area (Å²) in [7, 11) is 0. The van der Waals surface area contributed by atoms with E-state index < -0.39 is 6.09 Å². The summed E-state index contributed by atoms with van der Waals surface area (Å²) in [5.74, 6) is 0.925. The average molecular weight is 406 g/mol. The number of nitrogens with zero attached hydrogens (tertiary/aromatic N) is 3. The molecule has 0 aromatic heterocycles. The standard InChI is InChI=1S/C21H28ClN3O3/c22-18-3-1-2-15(19(18)24-6-4-21(13-24)5-7-28-14-21)8-23-9-16-11-25(20(26)27)12-17(16)10-23/h1-3,16-17H,4-14H2,(H,26,27). The van der Waals surface area contributed by atoms with Crippen LogP contribution in [0.5, 0.6) is 0 Å². The van der Waals surface area contributed by atoms with Crippen molar-refractivity contribution in [3.05, 3.63) is 28.8 Å². The maximum atomic E-state index is 11.2. The summed E-state index contributed by atoms with van der Waals surface area (Å²) in [6, 6.07) is 6.25. The fourth-order valence-electron chi connectivity index (χ4n) is 5.76. The molecule has 1 spiro atoms. The summed E-state index contributed by atoms with van der Waals surface area (Å²) in [4.78, 5) is 17.7. The van der Waals surface area contributed by atoms with Crippen LogP contribution in [0, 0.1) is 17.3 Å². The van der Waals surface area contributed by atoms with Gasteiger partial charge in [-0.2, -0.15) is 0 Å². The molecule has 152 valence electrons. The van der Waals surface area contributed by atoms with Gasteiger partial charge >= 0.3 is 6.09 Å². The van der Waals surface area contributed by atoms with Gasteiger partial charge in [-0.25, -0.2) is 4.79 Å².